The molecule has 10 nitrogen and oxygen atoms in total. The lowest BCUT2D eigenvalue weighted by atomic mass is 9.51. The lowest BCUT2D eigenvalue weighted by molar-refractivity contribution is -0.131. The maximum Gasteiger partial charge on any atom is 0.242 e. The molecule has 54 heavy (non-hydrogen) atoms. The molecule has 0 bridgehead atoms. The van der Waals surface area contributed by atoms with Crippen LogP contribution in [0.15, 0.2) is 82.9 Å². The second kappa shape index (κ2) is 12.4. The van der Waals surface area contributed by atoms with Gasteiger partial charge in [-0.15, -0.1) is 11.3 Å². The van der Waals surface area contributed by atoms with Crippen molar-refractivity contribution in [3.05, 3.63) is 99.0 Å². The summed E-state index contributed by atoms with van der Waals surface area (Å²) >= 11 is 11.4. The number of anilines is 2. The van der Waals surface area contributed by atoms with Crippen molar-refractivity contribution in [1.82, 2.24) is 9.78 Å². The van der Waals surface area contributed by atoms with Crippen molar-refractivity contribution in [1.29, 1.82) is 0 Å². The van der Waals surface area contributed by atoms with Crippen molar-refractivity contribution >= 4 is 84.1 Å². The molecule has 1 saturated carbocycles. The number of amides is 4. The molecule has 13 heteroatoms. The molecule has 2 saturated heterocycles. The van der Waals surface area contributed by atoms with E-state index in [4.69, 9.17) is 21.4 Å². The van der Waals surface area contributed by atoms with Crippen LogP contribution in [0.4, 0.5) is 11.5 Å². The Morgan fingerprint density at radius 1 is 0.981 bits per heavy atom. The van der Waals surface area contributed by atoms with Gasteiger partial charge in [-0.1, -0.05) is 41.4 Å². The molecular weight excluding hydrogens is 792 g/mol. The van der Waals surface area contributed by atoms with Gasteiger partial charge in [0.15, 0.2) is 11.5 Å². The van der Waals surface area contributed by atoms with Gasteiger partial charge in [0.1, 0.15) is 11.5 Å². The molecule has 9 rings (SSSR count). The van der Waals surface area contributed by atoms with Gasteiger partial charge in [-0.05, 0) is 108 Å². The number of thiophene rings is 1. The largest absolute Gasteiger partial charge is 0.503 e. The molecule has 0 unspecified atom stereocenters. The number of hydrogen-bond acceptors (Lipinski definition) is 8. The third kappa shape index (κ3) is 4.78. The van der Waals surface area contributed by atoms with Crippen LogP contribution in [0.1, 0.15) is 36.8 Å². The van der Waals surface area contributed by atoms with Gasteiger partial charge in [-0.3, -0.25) is 28.8 Å². The Bertz CT molecular complexity index is 2510. The number of aryl methyl sites for hydroxylation is 2. The summed E-state index contributed by atoms with van der Waals surface area (Å²) in [6.07, 6.45) is 2.53. The summed E-state index contributed by atoms with van der Waals surface area (Å²) in [7, 11) is 3.17. The van der Waals surface area contributed by atoms with Crippen molar-refractivity contribution in [2.24, 2.45) is 36.1 Å². The number of phenols is 1. The number of benzene rings is 3. The first kappa shape index (κ1) is 35.0. The van der Waals surface area contributed by atoms with Gasteiger partial charge in [0.05, 0.1) is 45.3 Å². The Morgan fingerprint density at radius 2 is 1.74 bits per heavy atom. The van der Waals surface area contributed by atoms with E-state index in [1.165, 1.54) is 16.9 Å². The Hall–Kier alpha value is -4.78. The Kier molecular flexibility index (Phi) is 8.01. The molecule has 0 radical (unpaired) electrons. The van der Waals surface area contributed by atoms with E-state index in [1.54, 1.807) is 65.5 Å². The average Bonchev–Trinajstić information content (AvgIpc) is 3.83. The summed E-state index contributed by atoms with van der Waals surface area (Å²) < 4.78 is 8.53. The minimum Gasteiger partial charge on any atom is -0.503 e. The van der Waals surface area contributed by atoms with Gasteiger partial charge in [0.25, 0.3) is 0 Å². The fraction of sp³-hybridized carbons (Fsp3) is 0.293. The fourth-order valence-corrected chi connectivity index (χ4v) is 11.4. The van der Waals surface area contributed by atoms with Crippen molar-refractivity contribution in [2.75, 3.05) is 16.9 Å². The number of fused-ring (bicyclic) bond motifs is 5. The number of aromatic nitrogens is 2. The van der Waals surface area contributed by atoms with Crippen LogP contribution in [0, 0.1) is 36.0 Å². The molecule has 6 atom stereocenters. The summed E-state index contributed by atoms with van der Waals surface area (Å²) in [6.45, 7) is 3.83. The Labute approximate surface area is 328 Å². The van der Waals surface area contributed by atoms with Crippen molar-refractivity contribution in [3.63, 3.8) is 0 Å². The highest BCUT2D eigenvalue weighted by molar-refractivity contribution is 9.10. The van der Waals surface area contributed by atoms with E-state index < -0.39 is 35.0 Å². The van der Waals surface area contributed by atoms with E-state index >= 15 is 4.79 Å². The number of methoxy groups -OCH3 is 1. The standard InChI is InChI=1S/C41H34BrClN4O6S/c1-19-25-16-21(43)10-13-31(25)54-36(19)29-18-32(45(3)44-29)47-38(50)27-17-26-23(11-12-24-33(26)39(51)46(37(24)49)22-8-6-5-7-9-22)34(41(27,2)40(47)52)20-14-28(42)35(48)30(15-20)53-4/h5-11,13-16,18,24,26-27,33-34,48H,12,17H2,1-4H3/t24-,26+,27-,33-,34-,41+/m0/s1. The van der Waals surface area contributed by atoms with Crippen LogP contribution in [0.2, 0.25) is 5.02 Å². The molecule has 0 spiro atoms. The van der Waals surface area contributed by atoms with Crippen LogP contribution in [0.3, 0.4) is 0 Å². The maximum absolute atomic E-state index is 15.2. The van der Waals surface area contributed by atoms with Crippen LogP contribution in [0.25, 0.3) is 20.7 Å². The zero-order valence-corrected chi connectivity index (χ0v) is 32.8. The molecule has 1 N–H and O–H groups in total. The van der Waals surface area contributed by atoms with Gasteiger partial charge < -0.3 is 9.84 Å². The van der Waals surface area contributed by atoms with Crippen LogP contribution < -0.4 is 14.5 Å². The van der Waals surface area contributed by atoms with Crippen LogP contribution in [0.5, 0.6) is 11.5 Å². The van der Waals surface area contributed by atoms with Gasteiger partial charge >= 0.3 is 0 Å². The third-order valence-electron chi connectivity index (χ3n) is 12.1. The summed E-state index contributed by atoms with van der Waals surface area (Å²) in [4.78, 5) is 61.8. The van der Waals surface area contributed by atoms with Crippen molar-refractivity contribution in [3.8, 4) is 22.1 Å². The van der Waals surface area contributed by atoms with Gasteiger partial charge in [0.2, 0.25) is 23.6 Å². The van der Waals surface area contributed by atoms with Gasteiger partial charge in [-0.25, -0.2) is 4.90 Å². The molecule has 2 aromatic heterocycles. The molecule has 3 aromatic carbocycles. The predicted octanol–water partition coefficient (Wildman–Crippen LogP) is 8.18. The number of allylic oxidation sites excluding steroid dienone is 2. The second-order valence-corrected chi connectivity index (χ2v) is 17.1. The predicted molar refractivity (Wildman–Crippen MR) is 210 cm³/mol. The second-order valence-electron chi connectivity index (χ2n) is 14.8. The molecule has 3 fully saturated rings. The van der Waals surface area contributed by atoms with E-state index in [-0.39, 0.29) is 41.5 Å². The smallest absolute Gasteiger partial charge is 0.242 e. The minimum atomic E-state index is -1.30. The molecule has 4 aliphatic rings. The van der Waals surface area contributed by atoms with E-state index in [1.807, 2.05) is 44.2 Å². The van der Waals surface area contributed by atoms with E-state index in [9.17, 15) is 19.5 Å². The Morgan fingerprint density at radius 3 is 2.48 bits per heavy atom. The quantitative estimate of drug-likeness (QED) is 0.140. The third-order valence-corrected chi connectivity index (χ3v) is 14.2. The van der Waals surface area contributed by atoms with E-state index in [0.717, 1.165) is 26.1 Å². The summed E-state index contributed by atoms with van der Waals surface area (Å²) in [5.74, 6) is -4.23. The highest BCUT2D eigenvalue weighted by Gasteiger charge is 2.68. The van der Waals surface area contributed by atoms with Crippen LogP contribution in [-0.4, -0.2) is 45.6 Å². The number of imide groups is 2. The zero-order chi connectivity index (χ0) is 38.0. The molecule has 2 aliphatic carbocycles. The zero-order valence-electron chi connectivity index (χ0n) is 29.7. The molecule has 4 amide bonds. The molecule has 5 aromatic rings. The molecular formula is C41H34BrClN4O6S. The highest BCUT2D eigenvalue weighted by atomic mass is 79.9. The monoisotopic (exact) mass is 824 g/mol. The number of ether oxygens (including phenoxy) is 1. The van der Waals surface area contributed by atoms with Gasteiger partial charge in [-0.2, -0.15) is 5.10 Å². The first-order valence-corrected chi connectivity index (χ1v) is 19.6. The minimum absolute atomic E-state index is 0.0975. The summed E-state index contributed by atoms with van der Waals surface area (Å²) in [5.41, 5.74) is 2.31. The van der Waals surface area contributed by atoms with E-state index in [2.05, 4.69) is 15.9 Å². The number of para-hydroxylation sites is 1. The van der Waals surface area contributed by atoms with Crippen molar-refractivity contribution < 1.29 is 29.0 Å². The number of phenolic OH excluding ortho intramolecular Hbond substituents is 1. The van der Waals surface area contributed by atoms with Crippen molar-refractivity contribution in [2.45, 2.75) is 32.6 Å². The number of aromatic hydroxyl groups is 1. The average molecular weight is 826 g/mol. The topological polar surface area (TPSA) is 122 Å². The molecule has 4 heterocycles. The number of hydrogen-bond donors (Lipinski definition) is 1. The normalized spacial score (nSPS) is 26.3. The first-order chi connectivity index (χ1) is 25.8. The first-order valence-electron chi connectivity index (χ1n) is 17.7. The molecule has 274 valence electrons. The lowest BCUT2D eigenvalue weighted by Gasteiger charge is -2.49. The number of carbonyl (C=O) groups is 4. The number of nitrogens with zero attached hydrogens (tertiary/aromatic N) is 4. The summed E-state index contributed by atoms with van der Waals surface area (Å²) in [6, 6.07) is 19.9. The number of carbonyl (C=O) groups excluding carboxylic acids is 4. The number of halogens is 2. The van der Waals surface area contributed by atoms with E-state index in [0.29, 0.717) is 38.7 Å². The van der Waals surface area contributed by atoms with Gasteiger partial charge in [0, 0.05) is 28.8 Å². The Balaban J connectivity index is 1.18. The van der Waals surface area contributed by atoms with Crippen LogP contribution >= 0.6 is 38.9 Å². The fourth-order valence-electron chi connectivity index (χ4n) is 9.58. The maximum atomic E-state index is 15.2. The molecule has 2 aliphatic heterocycles. The highest BCUT2D eigenvalue weighted by Crippen LogP contribution is 2.64. The summed E-state index contributed by atoms with van der Waals surface area (Å²) in [5, 5.41) is 17.2. The lowest BCUT2D eigenvalue weighted by Crippen LogP contribution is -2.49. The SMILES string of the molecule is COc1cc([C@H]2C3=CC[C@@H]4C(=O)N(c5ccccc5)C(=O)[C@@H]4[C@@H]3C[C@H]3C(=O)N(c4cc(-c5sc6ccc(Cl)cc6c5C)nn4C)C(=O)[C@@]23C)cc(Br)c1O. The number of rotatable bonds is 5. The van der Waals surface area contributed by atoms with Crippen LogP contribution in [-0.2, 0) is 26.2 Å².